The fourth-order valence-corrected chi connectivity index (χ4v) is 2.60. The molecule has 1 aliphatic heterocycles. The van der Waals surface area contributed by atoms with Crippen LogP contribution in [0.4, 0.5) is 0 Å². The first-order chi connectivity index (χ1) is 6.50. The second-order valence-electron chi connectivity index (χ2n) is 4.73. The smallest absolute Gasteiger partial charge is 0.226 e. The van der Waals surface area contributed by atoms with E-state index in [2.05, 4.69) is 31.1 Å². The number of aromatic nitrogens is 1. The number of thiazole rings is 1. The van der Waals surface area contributed by atoms with E-state index in [9.17, 15) is 4.79 Å². The molecule has 1 amide bonds. The van der Waals surface area contributed by atoms with E-state index in [1.165, 1.54) is 0 Å². The SMILES string of the molecule is CC(C)(C)C1C(=O)NC1c1cncs1. The molecule has 1 fully saturated rings. The van der Waals surface area contributed by atoms with Crippen LogP contribution >= 0.6 is 11.3 Å². The van der Waals surface area contributed by atoms with Gasteiger partial charge in [-0.25, -0.2) is 0 Å². The van der Waals surface area contributed by atoms with Gasteiger partial charge in [-0.2, -0.15) is 0 Å². The Kier molecular flexibility index (Phi) is 2.10. The largest absolute Gasteiger partial charge is 0.347 e. The van der Waals surface area contributed by atoms with Crippen LogP contribution in [0, 0.1) is 11.3 Å². The highest BCUT2D eigenvalue weighted by Gasteiger charge is 2.47. The van der Waals surface area contributed by atoms with Crippen molar-refractivity contribution in [1.82, 2.24) is 10.3 Å². The fourth-order valence-electron chi connectivity index (χ4n) is 1.89. The molecular formula is C10H14N2OS. The van der Waals surface area contributed by atoms with Crippen LogP contribution in [0.5, 0.6) is 0 Å². The van der Waals surface area contributed by atoms with E-state index < -0.39 is 0 Å². The number of carbonyl (C=O) groups excluding carboxylic acids is 1. The molecule has 2 heterocycles. The normalized spacial score (nSPS) is 26.9. The Balaban J connectivity index is 2.21. The summed E-state index contributed by atoms with van der Waals surface area (Å²) in [5.41, 5.74) is 1.83. The maximum Gasteiger partial charge on any atom is 0.226 e. The first kappa shape index (κ1) is 9.65. The highest BCUT2D eigenvalue weighted by atomic mass is 32.1. The third kappa shape index (κ3) is 1.43. The molecule has 0 bridgehead atoms. The van der Waals surface area contributed by atoms with Crippen LogP contribution in [0.1, 0.15) is 31.7 Å². The molecule has 1 N–H and O–H groups in total. The zero-order valence-electron chi connectivity index (χ0n) is 8.57. The zero-order chi connectivity index (χ0) is 10.3. The Hall–Kier alpha value is -0.900. The highest BCUT2D eigenvalue weighted by molar-refractivity contribution is 7.09. The summed E-state index contributed by atoms with van der Waals surface area (Å²) >= 11 is 1.60. The topological polar surface area (TPSA) is 42.0 Å². The first-order valence-corrected chi connectivity index (χ1v) is 5.57. The van der Waals surface area contributed by atoms with E-state index in [1.807, 2.05) is 6.20 Å². The van der Waals surface area contributed by atoms with Gasteiger partial charge < -0.3 is 5.32 Å². The van der Waals surface area contributed by atoms with Gasteiger partial charge in [-0.05, 0) is 5.41 Å². The van der Waals surface area contributed by atoms with Crippen LogP contribution in [0.15, 0.2) is 11.7 Å². The van der Waals surface area contributed by atoms with Crippen molar-refractivity contribution in [3.05, 3.63) is 16.6 Å². The molecule has 76 valence electrons. The molecule has 0 saturated carbocycles. The molecule has 0 aliphatic carbocycles. The standard InChI is InChI=1S/C10H14N2OS/c1-10(2,3)7-8(12-9(7)13)6-4-11-5-14-6/h4-5,7-8H,1-3H3,(H,12,13). The third-order valence-corrected chi connectivity index (χ3v) is 3.46. The van der Waals surface area contributed by atoms with Crippen molar-refractivity contribution in [2.45, 2.75) is 26.8 Å². The van der Waals surface area contributed by atoms with Gasteiger partial charge in [0.05, 0.1) is 17.5 Å². The van der Waals surface area contributed by atoms with Crippen molar-refractivity contribution in [2.24, 2.45) is 11.3 Å². The van der Waals surface area contributed by atoms with Crippen LogP contribution in [0.2, 0.25) is 0 Å². The Morgan fingerprint density at radius 1 is 1.50 bits per heavy atom. The predicted molar refractivity (Wildman–Crippen MR) is 55.9 cm³/mol. The van der Waals surface area contributed by atoms with E-state index in [0.717, 1.165) is 4.88 Å². The van der Waals surface area contributed by atoms with Crippen LogP contribution in [0.3, 0.4) is 0 Å². The van der Waals surface area contributed by atoms with Gasteiger partial charge in [0.1, 0.15) is 0 Å². The lowest BCUT2D eigenvalue weighted by molar-refractivity contribution is -0.140. The summed E-state index contributed by atoms with van der Waals surface area (Å²) in [7, 11) is 0. The van der Waals surface area contributed by atoms with E-state index in [-0.39, 0.29) is 23.3 Å². The van der Waals surface area contributed by atoms with Crippen molar-refractivity contribution in [2.75, 3.05) is 0 Å². The van der Waals surface area contributed by atoms with Crippen LogP contribution in [-0.2, 0) is 4.79 Å². The van der Waals surface area contributed by atoms with Gasteiger partial charge in [-0.1, -0.05) is 20.8 Å². The first-order valence-electron chi connectivity index (χ1n) is 4.69. The van der Waals surface area contributed by atoms with E-state index in [1.54, 1.807) is 16.8 Å². The van der Waals surface area contributed by atoms with Gasteiger partial charge in [-0.15, -0.1) is 11.3 Å². The molecular weight excluding hydrogens is 196 g/mol. The Morgan fingerprint density at radius 2 is 2.21 bits per heavy atom. The summed E-state index contributed by atoms with van der Waals surface area (Å²) in [6.45, 7) is 6.30. The second-order valence-corrected chi connectivity index (χ2v) is 5.65. The summed E-state index contributed by atoms with van der Waals surface area (Å²) in [4.78, 5) is 16.6. The van der Waals surface area contributed by atoms with Crippen molar-refractivity contribution in [3.8, 4) is 0 Å². The Labute approximate surface area is 87.6 Å². The number of hydrogen-bond donors (Lipinski definition) is 1. The molecule has 0 aromatic carbocycles. The van der Waals surface area contributed by atoms with Gasteiger partial charge >= 0.3 is 0 Å². The minimum Gasteiger partial charge on any atom is -0.347 e. The predicted octanol–water partition coefficient (Wildman–Crippen LogP) is 1.98. The summed E-state index contributed by atoms with van der Waals surface area (Å²) in [6.07, 6.45) is 1.84. The molecule has 1 aliphatic rings. The number of nitrogens with one attached hydrogen (secondary N) is 1. The van der Waals surface area contributed by atoms with Gasteiger partial charge in [0.2, 0.25) is 5.91 Å². The molecule has 2 unspecified atom stereocenters. The molecule has 2 atom stereocenters. The van der Waals surface area contributed by atoms with Gasteiger partial charge in [-0.3, -0.25) is 9.78 Å². The summed E-state index contributed by atoms with van der Waals surface area (Å²) in [6, 6.07) is 0.176. The van der Waals surface area contributed by atoms with Crippen LogP contribution < -0.4 is 5.32 Å². The molecule has 1 aromatic heterocycles. The monoisotopic (exact) mass is 210 g/mol. The van der Waals surface area contributed by atoms with Crippen LogP contribution in [-0.4, -0.2) is 10.9 Å². The highest BCUT2D eigenvalue weighted by Crippen LogP contribution is 2.43. The fraction of sp³-hybridized carbons (Fsp3) is 0.600. The number of β-lactam (4-membered cyclic amide) rings is 1. The number of carbonyl (C=O) groups is 1. The third-order valence-electron chi connectivity index (χ3n) is 2.60. The average Bonchev–Trinajstić information content (AvgIpc) is 2.47. The molecule has 0 radical (unpaired) electrons. The van der Waals surface area contributed by atoms with Gasteiger partial charge in [0, 0.05) is 11.1 Å². The van der Waals surface area contributed by atoms with E-state index >= 15 is 0 Å². The lowest BCUT2D eigenvalue weighted by atomic mass is 9.71. The van der Waals surface area contributed by atoms with E-state index in [4.69, 9.17) is 0 Å². The summed E-state index contributed by atoms with van der Waals surface area (Å²) in [5.74, 6) is 0.249. The molecule has 14 heavy (non-hydrogen) atoms. The van der Waals surface area contributed by atoms with Gasteiger partial charge in [0.25, 0.3) is 0 Å². The summed E-state index contributed by atoms with van der Waals surface area (Å²) < 4.78 is 0. The van der Waals surface area contributed by atoms with Crippen molar-refractivity contribution in [1.29, 1.82) is 0 Å². The number of nitrogens with zero attached hydrogens (tertiary/aromatic N) is 1. The summed E-state index contributed by atoms with van der Waals surface area (Å²) in [5, 5.41) is 2.93. The van der Waals surface area contributed by atoms with Crippen molar-refractivity contribution in [3.63, 3.8) is 0 Å². The molecule has 0 spiro atoms. The Morgan fingerprint density at radius 3 is 2.64 bits per heavy atom. The second kappa shape index (κ2) is 3.05. The molecule has 1 saturated heterocycles. The number of amides is 1. The lowest BCUT2D eigenvalue weighted by Gasteiger charge is -2.43. The molecule has 3 nitrogen and oxygen atoms in total. The van der Waals surface area contributed by atoms with Crippen molar-refractivity contribution < 1.29 is 4.79 Å². The van der Waals surface area contributed by atoms with Crippen molar-refractivity contribution >= 4 is 17.2 Å². The Bertz CT molecular complexity index is 340. The molecule has 4 heteroatoms. The maximum absolute atomic E-state index is 11.5. The lowest BCUT2D eigenvalue weighted by Crippen LogP contribution is -2.56. The maximum atomic E-state index is 11.5. The zero-order valence-corrected chi connectivity index (χ0v) is 9.39. The minimum atomic E-state index is 0.0248. The quantitative estimate of drug-likeness (QED) is 0.720. The molecule has 1 aromatic rings. The minimum absolute atomic E-state index is 0.0248. The molecule has 2 rings (SSSR count). The van der Waals surface area contributed by atoms with Crippen LogP contribution in [0.25, 0.3) is 0 Å². The van der Waals surface area contributed by atoms with Gasteiger partial charge in [0.15, 0.2) is 0 Å². The van der Waals surface area contributed by atoms with E-state index in [0.29, 0.717) is 0 Å². The average molecular weight is 210 g/mol. The number of hydrogen-bond acceptors (Lipinski definition) is 3. The number of rotatable bonds is 1.